The van der Waals surface area contributed by atoms with E-state index in [9.17, 15) is 0 Å². The molecule has 0 bridgehead atoms. The predicted octanol–water partition coefficient (Wildman–Crippen LogP) is 5.16. The molecule has 4 aromatic carbocycles. The van der Waals surface area contributed by atoms with Crippen LogP contribution < -0.4 is 9.64 Å². The van der Waals surface area contributed by atoms with E-state index >= 15 is 0 Å². The van der Waals surface area contributed by atoms with E-state index < -0.39 is 0 Å². The quantitative estimate of drug-likeness (QED) is 0.353. The fourth-order valence-corrected chi connectivity index (χ4v) is 4.27. The molecule has 0 spiro atoms. The van der Waals surface area contributed by atoms with Gasteiger partial charge in [0, 0.05) is 18.7 Å². The van der Waals surface area contributed by atoms with E-state index in [2.05, 4.69) is 76.6 Å². The van der Waals surface area contributed by atoms with Crippen molar-refractivity contribution in [3.8, 4) is 5.75 Å². The van der Waals surface area contributed by atoms with Crippen molar-refractivity contribution in [1.29, 1.82) is 0 Å². The van der Waals surface area contributed by atoms with Crippen LogP contribution >= 0.6 is 0 Å². The third kappa shape index (κ3) is 3.45. The molecule has 1 saturated heterocycles. The lowest BCUT2D eigenvalue weighted by molar-refractivity contribution is 0.271. The van der Waals surface area contributed by atoms with Crippen LogP contribution in [0.5, 0.6) is 5.75 Å². The molecule has 1 fully saturated rings. The normalized spacial score (nSPS) is 14.7. The highest BCUT2D eigenvalue weighted by Crippen LogP contribution is 2.29. The summed E-state index contributed by atoms with van der Waals surface area (Å²) in [6, 6.07) is 27.6. The first-order chi connectivity index (χ1) is 14.8. The molecule has 4 nitrogen and oxygen atoms in total. The van der Waals surface area contributed by atoms with Crippen LogP contribution in [0, 0.1) is 0 Å². The van der Waals surface area contributed by atoms with Crippen LogP contribution in [0.4, 0.5) is 5.69 Å². The van der Waals surface area contributed by atoms with E-state index in [1.165, 1.54) is 27.1 Å². The lowest BCUT2D eigenvalue weighted by Crippen LogP contribution is -2.44. The van der Waals surface area contributed by atoms with Crippen LogP contribution in [0.2, 0.25) is 0 Å². The minimum Gasteiger partial charge on any atom is -0.495 e. The SMILES string of the molecule is COc1ccccc1N1CCN(/N=C\c2c3ccccc3cc3ccccc23)CC1. The maximum Gasteiger partial charge on any atom is 0.142 e. The monoisotopic (exact) mass is 395 g/mol. The van der Waals surface area contributed by atoms with Crippen molar-refractivity contribution in [2.24, 2.45) is 5.10 Å². The average Bonchev–Trinajstić information content (AvgIpc) is 2.82. The van der Waals surface area contributed by atoms with Gasteiger partial charge in [0.2, 0.25) is 0 Å². The van der Waals surface area contributed by atoms with Crippen LogP contribution in [0.15, 0.2) is 84.0 Å². The zero-order valence-corrected chi connectivity index (χ0v) is 17.2. The Hall–Kier alpha value is -3.53. The molecule has 0 aliphatic carbocycles. The number of piperazine rings is 1. The van der Waals surface area contributed by atoms with Crippen LogP contribution in [0.3, 0.4) is 0 Å². The van der Waals surface area contributed by atoms with Gasteiger partial charge in [-0.1, -0.05) is 60.7 Å². The lowest BCUT2D eigenvalue weighted by Gasteiger charge is -2.35. The smallest absolute Gasteiger partial charge is 0.142 e. The number of anilines is 1. The zero-order chi connectivity index (χ0) is 20.3. The molecule has 30 heavy (non-hydrogen) atoms. The first-order valence-corrected chi connectivity index (χ1v) is 10.4. The van der Waals surface area contributed by atoms with Gasteiger partial charge in [-0.25, -0.2) is 0 Å². The highest BCUT2D eigenvalue weighted by atomic mass is 16.5. The number of hydrazone groups is 1. The van der Waals surface area contributed by atoms with Gasteiger partial charge in [0.05, 0.1) is 32.1 Å². The molecule has 0 saturated carbocycles. The summed E-state index contributed by atoms with van der Waals surface area (Å²) in [5.74, 6) is 0.927. The van der Waals surface area contributed by atoms with E-state index in [1.54, 1.807) is 7.11 Å². The third-order valence-electron chi connectivity index (χ3n) is 5.84. The molecule has 4 heteroatoms. The Bertz CT molecular complexity index is 1160. The van der Waals surface area contributed by atoms with E-state index in [0.717, 1.165) is 37.6 Å². The fraction of sp³-hybridized carbons (Fsp3) is 0.192. The summed E-state index contributed by atoms with van der Waals surface area (Å²) < 4.78 is 5.53. The summed E-state index contributed by atoms with van der Waals surface area (Å²) in [7, 11) is 1.73. The number of methoxy groups -OCH3 is 1. The largest absolute Gasteiger partial charge is 0.495 e. The number of ether oxygens (including phenoxy) is 1. The van der Waals surface area contributed by atoms with Crippen molar-refractivity contribution in [2.75, 3.05) is 38.2 Å². The van der Waals surface area contributed by atoms with Gasteiger partial charge in [-0.05, 0) is 39.7 Å². The maximum atomic E-state index is 5.53. The second-order valence-electron chi connectivity index (χ2n) is 7.59. The summed E-state index contributed by atoms with van der Waals surface area (Å²) in [4.78, 5) is 2.37. The number of hydrogen-bond donors (Lipinski definition) is 0. The van der Waals surface area contributed by atoms with E-state index in [4.69, 9.17) is 9.84 Å². The van der Waals surface area contributed by atoms with Gasteiger partial charge in [0.25, 0.3) is 0 Å². The second-order valence-corrected chi connectivity index (χ2v) is 7.59. The van der Waals surface area contributed by atoms with Gasteiger partial charge in [0.15, 0.2) is 0 Å². The highest BCUT2D eigenvalue weighted by Gasteiger charge is 2.18. The number of benzene rings is 4. The van der Waals surface area contributed by atoms with E-state index in [0.29, 0.717) is 0 Å². The molecule has 0 radical (unpaired) electrons. The van der Waals surface area contributed by atoms with Crippen LogP contribution in [-0.4, -0.2) is 44.5 Å². The molecule has 150 valence electrons. The molecular weight excluding hydrogens is 370 g/mol. The molecule has 0 unspecified atom stereocenters. The Morgan fingerprint density at radius 1 is 0.767 bits per heavy atom. The highest BCUT2D eigenvalue weighted by molar-refractivity contribution is 6.13. The summed E-state index contributed by atoms with van der Waals surface area (Å²) in [5.41, 5.74) is 2.35. The Kier molecular flexibility index (Phi) is 4.98. The Morgan fingerprint density at radius 2 is 1.37 bits per heavy atom. The van der Waals surface area contributed by atoms with Gasteiger partial charge in [0.1, 0.15) is 5.75 Å². The first-order valence-electron chi connectivity index (χ1n) is 10.4. The molecule has 0 N–H and O–H groups in total. The van der Waals surface area contributed by atoms with Crippen LogP contribution in [0.25, 0.3) is 21.5 Å². The summed E-state index contributed by atoms with van der Waals surface area (Å²) in [6.45, 7) is 3.62. The van der Waals surface area contributed by atoms with Crippen molar-refractivity contribution in [3.05, 3.63) is 84.4 Å². The molecule has 1 heterocycles. The minimum atomic E-state index is 0.886. The molecule has 4 aromatic rings. The molecular formula is C26H25N3O. The predicted molar refractivity (Wildman–Crippen MR) is 126 cm³/mol. The first kappa shape index (κ1) is 18.5. The van der Waals surface area contributed by atoms with Crippen molar-refractivity contribution in [2.45, 2.75) is 0 Å². The third-order valence-corrected chi connectivity index (χ3v) is 5.84. The molecule has 0 atom stereocenters. The van der Waals surface area contributed by atoms with Crippen LogP contribution in [0.1, 0.15) is 5.56 Å². The molecule has 5 rings (SSSR count). The second kappa shape index (κ2) is 8.07. The minimum absolute atomic E-state index is 0.886. The van der Waals surface area contributed by atoms with Crippen molar-refractivity contribution < 1.29 is 4.74 Å². The van der Waals surface area contributed by atoms with Gasteiger partial charge >= 0.3 is 0 Å². The Labute approximate surface area is 177 Å². The number of hydrogen-bond acceptors (Lipinski definition) is 4. The van der Waals surface area contributed by atoms with Crippen molar-refractivity contribution in [1.82, 2.24) is 5.01 Å². The Balaban J connectivity index is 1.39. The van der Waals surface area contributed by atoms with Crippen molar-refractivity contribution >= 4 is 33.4 Å². The van der Waals surface area contributed by atoms with E-state index in [-0.39, 0.29) is 0 Å². The molecule has 1 aliphatic rings. The average molecular weight is 396 g/mol. The zero-order valence-electron chi connectivity index (χ0n) is 17.2. The topological polar surface area (TPSA) is 28.1 Å². The molecule has 0 aromatic heterocycles. The van der Waals surface area contributed by atoms with Crippen molar-refractivity contribution in [3.63, 3.8) is 0 Å². The lowest BCUT2D eigenvalue weighted by atomic mass is 9.97. The number of para-hydroxylation sites is 2. The van der Waals surface area contributed by atoms with E-state index in [1.807, 2.05) is 18.3 Å². The van der Waals surface area contributed by atoms with Gasteiger partial charge in [-0.3, -0.25) is 5.01 Å². The van der Waals surface area contributed by atoms with Gasteiger partial charge in [-0.2, -0.15) is 5.10 Å². The fourth-order valence-electron chi connectivity index (χ4n) is 4.27. The molecule has 0 amide bonds. The Morgan fingerprint density at radius 3 is 2.03 bits per heavy atom. The van der Waals surface area contributed by atoms with Gasteiger partial charge < -0.3 is 9.64 Å². The number of nitrogens with zero attached hydrogens (tertiary/aromatic N) is 3. The summed E-state index contributed by atoms with van der Waals surface area (Å²) >= 11 is 0. The maximum absolute atomic E-state index is 5.53. The number of rotatable bonds is 4. The van der Waals surface area contributed by atoms with Gasteiger partial charge in [-0.15, -0.1) is 0 Å². The summed E-state index contributed by atoms with van der Waals surface area (Å²) in [5, 5.41) is 12.0. The summed E-state index contributed by atoms with van der Waals surface area (Å²) in [6.07, 6.45) is 2.05. The van der Waals surface area contributed by atoms with Crippen LogP contribution in [-0.2, 0) is 0 Å². The molecule has 1 aliphatic heterocycles. The standard InChI is InChI=1S/C26H25N3O/c1-30-26-13-7-6-12-25(26)28-14-16-29(17-15-28)27-19-24-22-10-4-2-8-20(22)18-21-9-3-5-11-23(21)24/h2-13,18-19H,14-17H2,1H3/b27-19-. The number of fused-ring (bicyclic) bond motifs is 2.